The topological polar surface area (TPSA) is 74.0 Å². The first-order valence-electron chi connectivity index (χ1n) is 8.92. The lowest BCUT2D eigenvalue weighted by Gasteiger charge is -2.06. The van der Waals surface area contributed by atoms with Gasteiger partial charge in [-0.3, -0.25) is 4.79 Å². The van der Waals surface area contributed by atoms with Gasteiger partial charge >= 0.3 is 0 Å². The van der Waals surface area contributed by atoms with Crippen LogP contribution in [0.4, 0.5) is 0 Å². The van der Waals surface area contributed by atoms with Crippen LogP contribution >= 0.6 is 0 Å². The molecule has 7 nitrogen and oxygen atoms in total. The number of carbonyl (C=O) groups is 1. The van der Waals surface area contributed by atoms with Gasteiger partial charge in [-0.15, -0.1) is 0 Å². The molecule has 0 saturated heterocycles. The molecule has 0 radical (unpaired) electrons. The van der Waals surface area contributed by atoms with E-state index in [1.807, 2.05) is 55.9 Å². The van der Waals surface area contributed by atoms with Crippen LogP contribution in [0.5, 0.6) is 0 Å². The number of amides is 1. The monoisotopic (exact) mass is 355 g/mol. The largest absolute Gasteiger partial charge is 0.382 e. The van der Waals surface area contributed by atoms with Crippen LogP contribution in [0.2, 0.25) is 0 Å². The molecule has 0 aromatic carbocycles. The van der Waals surface area contributed by atoms with Crippen LogP contribution in [-0.2, 0) is 16.1 Å². The number of carbonyl (C=O) groups excluding carboxylic acids is 1. The highest BCUT2D eigenvalue weighted by molar-refractivity contribution is 5.88. The molecule has 26 heavy (non-hydrogen) atoms. The van der Waals surface area contributed by atoms with Gasteiger partial charge in [-0.2, -0.15) is 5.10 Å². The summed E-state index contributed by atoms with van der Waals surface area (Å²) in [5.74, 6) is 0.713. The van der Waals surface area contributed by atoms with Gasteiger partial charge in [0, 0.05) is 37.8 Å². The van der Waals surface area contributed by atoms with E-state index in [0.29, 0.717) is 19.8 Å². The minimum atomic E-state index is -0.0779. The van der Waals surface area contributed by atoms with Crippen LogP contribution in [-0.4, -0.2) is 45.0 Å². The number of aryl methyl sites for hydroxylation is 2. The molecule has 3 aromatic heterocycles. The van der Waals surface area contributed by atoms with Crippen LogP contribution in [0, 0.1) is 13.8 Å². The summed E-state index contributed by atoms with van der Waals surface area (Å²) in [5.41, 5.74) is 2.74. The second-order valence-corrected chi connectivity index (χ2v) is 6.25. The Morgan fingerprint density at radius 3 is 2.77 bits per heavy atom. The normalized spacial score (nSPS) is 11.2. The molecule has 3 rings (SSSR count). The number of ether oxygens (including phenoxy) is 1. The lowest BCUT2D eigenvalue weighted by molar-refractivity contribution is -0.121. The van der Waals surface area contributed by atoms with Gasteiger partial charge in [-0.1, -0.05) is 0 Å². The van der Waals surface area contributed by atoms with Gasteiger partial charge in [0.15, 0.2) is 11.5 Å². The van der Waals surface area contributed by atoms with E-state index in [4.69, 9.17) is 4.74 Å². The fraction of sp³-hybridized carbons (Fsp3) is 0.421. The quantitative estimate of drug-likeness (QED) is 0.630. The van der Waals surface area contributed by atoms with Crippen molar-refractivity contribution in [2.45, 2.75) is 33.7 Å². The lowest BCUT2D eigenvalue weighted by Crippen LogP contribution is -2.29. The van der Waals surface area contributed by atoms with E-state index in [2.05, 4.69) is 15.4 Å². The van der Waals surface area contributed by atoms with Crippen molar-refractivity contribution in [1.29, 1.82) is 0 Å². The van der Waals surface area contributed by atoms with E-state index >= 15 is 0 Å². The fourth-order valence-electron chi connectivity index (χ4n) is 3.00. The van der Waals surface area contributed by atoms with Crippen molar-refractivity contribution in [3.05, 3.63) is 41.9 Å². The minimum Gasteiger partial charge on any atom is -0.382 e. The molecule has 3 aromatic rings. The van der Waals surface area contributed by atoms with Crippen molar-refractivity contribution in [1.82, 2.24) is 24.6 Å². The third kappa shape index (κ3) is 3.94. The average molecular weight is 355 g/mol. The Hall–Kier alpha value is -2.67. The molecule has 7 heteroatoms. The van der Waals surface area contributed by atoms with Crippen molar-refractivity contribution >= 4 is 16.9 Å². The van der Waals surface area contributed by atoms with Gasteiger partial charge in [-0.25, -0.2) is 9.67 Å². The van der Waals surface area contributed by atoms with E-state index in [9.17, 15) is 4.79 Å². The number of pyridine rings is 1. The van der Waals surface area contributed by atoms with E-state index in [-0.39, 0.29) is 12.5 Å². The van der Waals surface area contributed by atoms with Crippen molar-refractivity contribution < 1.29 is 9.53 Å². The first kappa shape index (κ1) is 18.1. The first-order valence-corrected chi connectivity index (χ1v) is 8.92. The predicted molar refractivity (Wildman–Crippen MR) is 100 cm³/mol. The summed E-state index contributed by atoms with van der Waals surface area (Å²) >= 11 is 0. The minimum absolute atomic E-state index is 0.0779. The number of nitrogens with one attached hydrogen (secondary N) is 1. The number of fused-ring (bicyclic) bond motifs is 1. The molecule has 1 N–H and O–H groups in total. The summed E-state index contributed by atoms with van der Waals surface area (Å²) in [6.07, 6.45) is 4.68. The fourth-order valence-corrected chi connectivity index (χ4v) is 3.00. The zero-order valence-corrected chi connectivity index (χ0v) is 15.5. The van der Waals surface area contributed by atoms with Gasteiger partial charge in [0.25, 0.3) is 0 Å². The predicted octanol–water partition coefficient (Wildman–Crippen LogP) is 2.38. The van der Waals surface area contributed by atoms with Gasteiger partial charge < -0.3 is 14.6 Å². The molecule has 138 valence electrons. The smallest absolute Gasteiger partial charge is 0.241 e. The van der Waals surface area contributed by atoms with Gasteiger partial charge in [0.05, 0.1) is 5.39 Å². The molecule has 1 amide bonds. The molecule has 0 bridgehead atoms. The maximum Gasteiger partial charge on any atom is 0.241 e. The third-order valence-electron chi connectivity index (χ3n) is 4.14. The second-order valence-electron chi connectivity index (χ2n) is 6.25. The molecule has 0 atom stereocenters. The molecule has 0 aliphatic heterocycles. The molecule has 0 fully saturated rings. The van der Waals surface area contributed by atoms with E-state index in [1.54, 1.807) is 4.68 Å². The standard InChI is InChI=1S/C19H25N5O2/c1-4-26-11-7-8-20-16(25)13-24-18-17(14(2)12-15(3)21-18)19(22-24)23-9-5-6-10-23/h5-6,9-10,12H,4,7-8,11,13H2,1-3H3,(H,20,25). The highest BCUT2D eigenvalue weighted by Crippen LogP contribution is 2.25. The van der Waals surface area contributed by atoms with Crippen molar-refractivity contribution in [3.63, 3.8) is 0 Å². The molecule has 0 saturated carbocycles. The third-order valence-corrected chi connectivity index (χ3v) is 4.14. The Morgan fingerprint density at radius 2 is 2.04 bits per heavy atom. The summed E-state index contributed by atoms with van der Waals surface area (Å²) in [7, 11) is 0. The number of nitrogens with zero attached hydrogens (tertiary/aromatic N) is 4. The summed E-state index contributed by atoms with van der Waals surface area (Å²) in [4.78, 5) is 16.9. The SMILES string of the molecule is CCOCCCNC(=O)Cn1nc(-n2cccc2)c2c(C)cc(C)nc21. The number of aromatic nitrogens is 4. The number of hydrogen-bond acceptors (Lipinski definition) is 4. The van der Waals surface area contributed by atoms with Gasteiger partial charge in [0.2, 0.25) is 5.91 Å². The highest BCUT2D eigenvalue weighted by atomic mass is 16.5. The molecule has 0 aliphatic carbocycles. The Kier molecular flexibility index (Phi) is 5.68. The molecule has 0 aliphatic rings. The van der Waals surface area contributed by atoms with Crippen molar-refractivity contribution in [3.8, 4) is 5.82 Å². The Labute approximate surface area is 153 Å². The number of hydrogen-bond donors (Lipinski definition) is 1. The van der Waals surface area contributed by atoms with Gasteiger partial charge in [0.1, 0.15) is 6.54 Å². The van der Waals surface area contributed by atoms with Crippen LogP contribution in [0.25, 0.3) is 16.9 Å². The summed E-state index contributed by atoms with van der Waals surface area (Å²) in [6, 6.07) is 5.94. The summed E-state index contributed by atoms with van der Waals surface area (Å²) in [6.45, 7) is 8.03. The molecule has 0 unspecified atom stereocenters. The molecular weight excluding hydrogens is 330 g/mol. The maximum atomic E-state index is 12.3. The first-order chi connectivity index (χ1) is 12.6. The Morgan fingerprint density at radius 1 is 1.27 bits per heavy atom. The van der Waals surface area contributed by atoms with Gasteiger partial charge in [-0.05, 0) is 51.0 Å². The second kappa shape index (κ2) is 8.14. The number of rotatable bonds is 8. The zero-order chi connectivity index (χ0) is 18.5. The molecular formula is C19H25N5O2. The Bertz CT molecular complexity index is 883. The zero-order valence-electron chi connectivity index (χ0n) is 15.5. The van der Waals surface area contributed by atoms with Crippen molar-refractivity contribution in [2.24, 2.45) is 0 Å². The molecule has 0 spiro atoms. The van der Waals surface area contributed by atoms with Crippen LogP contribution < -0.4 is 5.32 Å². The summed E-state index contributed by atoms with van der Waals surface area (Å²) < 4.78 is 8.91. The highest BCUT2D eigenvalue weighted by Gasteiger charge is 2.17. The van der Waals surface area contributed by atoms with Crippen LogP contribution in [0.3, 0.4) is 0 Å². The Balaban J connectivity index is 1.83. The van der Waals surface area contributed by atoms with Crippen LogP contribution in [0.1, 0.15) is 24.6 Å². The van der Waals surface area contributed by atoms with E-state index in [0.717, 1.165) is 34.5 Å². The van der Waals surface area contributed by atoms with E-state index < -0.39 is 0 Å². The lowest BCUT2D eigenvalue weighted by atomic mass is 10.2. The maximum absolute atomic E-state index is 12.3. The summed E-state index contributed by atoms with van der Waals surface area (Å²) in [5, 5.41) is 8.55. The average Bonchev–Trinajstić information content (AvgIpc) is 3.23. The van der Waals surface area contributed by atoms with E-state index in [1.165, 1.54) is 0 Å². The van der Waals surface area contributed by atoms with Crippen LogP contribution in [0.15, 0.2) is 30.6 Å². The van der Waals surface area contributed by atoms with Crippen molar-refractivity contribution in [2.75, 3.05) is 19.8 Å². The molecule has 3 heterocycles.